The fourth-order valence-corrected chi connectivity index (χ4v) is 2.03. The largest absolute Gasteiger partial charge is 0.454 e. The highest BCUT2D eigenvalue weighted by Gasteiger charge is 2.16. The number of rotatable bonds is 2. The molecule has 1 aliphatic heterocycles. The summed E-state index contributed by atoms with van der Waals surface area (Å²) in [6.45, 7) is 1.39. The van der Waals surface area contributed by atoms with Crippen LogP contribution in [0.15, 0.2) is 29.2 Å². The Labute approximate surface area is 97.4 Å². The van der Waals surface area contributed by atoms with Crippen molar-refractivity contribution in [3.63, 3.8) is 0 Å². The molecule has 5 nitrogen and oxygen atoms in total. The zero-order chi connectivity index (χ0) is 11.8. The highest BCUT2D eigenvalue weighted by Crippen LogP contribution is 2.34. The van der Waals surface area contributed by atoms with Crippen LogP contribution in [0.1, 0.15) is 0 Å². The summed E-state index contributed by atoms with van der Waals surface area (Å²) in [5.74, 6) is 1.30. The first-order valence-corrected chi connectivity index (χ1v) is 5.42. The third-order valence-corrected chi connectivity index (χ3v) is 2.84. The maximum absolute atomic E-state index is 11.8. The topological polar surface area (TPSA) is 66.5 Å². The monoisotopic (exact) mass is 232 g/mol. The van der Waals surface area contributed by atoms with Crippen LogP contribution in [0.25, 0.3) is 10.9 Å². The zero-order valence-electron chi connectivity index (χ0n) is 9.18. The highest BCUT2D eigenvalue weighted by molar-refractivity contribution is 5.83. The summed E-state index contributed by atoms with van der Waals surface area (Å²) in [4.78, 5) is 11.8. The number of nitrogens with zero attached hydrogens (tertiary/aromatic N) is 1. The minimum Gasteiger partial charge on any atom is -0.454 e. The second-order valence-electron chi connectivity index (χ2n) is 3.88. The standard InChI is InChI=1S/C12H12N2O3/c13-2-4-14-3-1-10(15)8-5-11-12(6-9(8)14)17-7-16-11/h1,3,5-6H,2,4,7,13H2. The van der Waals surface area contributed by atoms with E-state index >= 15 is 0 Å². The van der Waals surface area contributed by atoms with Crippen molar-refractivity contribution in [3.8, 4) is 11.5 Å². The van der Waals surface area contributed by atoms with Gasteiger partial charge in [-0.3, -0.25) is 4.79 Å². The summed E-state index contributed by atoms with van der Waals surface area (Å²) >= 11 is 0. The average molecular weight is 232 g/mol. The van der Waals surface area contributed by atoms with Crippen molar-refractivity contribution in [1.29, 1.82) is 0 Å². The van der Waals surface area contributed by atoms with Gasteiger partial charge in [-0.1, -0.05) is 0 Å². The summed E-state index contributed by atoms with van der Waals surface area (Å²) in [7, 11) is 0. The number of nitrogens with two attached hydrogens (primary N) is 1. The summed E-state index contributed by atoms with van der Waals surface area (Å²) in [6.07, 6.45) is 1.75. The second-order valence-corrected chi connectivity index (χ2v) is 3.88. The van der Waals surface area contributed by atoms with E-state index in [0.717, 1.165) is 5.52 Å². The van der Waals surface area contributed by atoms with Gasteiger partial charge in [-0.15, -0.1) is 0 Å². The van der Waals surface area contributed by atoms with E-state index in [9.17, 15) is 4.79 Å². The average Bonchev–Trinajstić information content (AvgIpc) is 2.78. The van der Waals surface area contributed by atoms with E-state index in [-0.39, 0.29) is 12.2 Å². The Bertz CT molecular complexity index is 633. The minimum atomic E-state index is -0.0217. The van der Waals surface area contributed by atoms with Crippen molar-refractivity contribution in [2.24, 2.45) is 5.73 Å². The van der Waals surface area contributed by atoms with Gasteiger partial charge in [0.2, 0.25) is 6.79 Å². The molecule has 2 heterocycles. The maximum atomic E-state index is 11.8. The number of ether oxygens (including phenoxy) is 2. The second kappa shape index (κ2) is 3.78. The number of hydrogen-bond acceptors (Lipinski definition) is 4. The van der Waals surface area contributed by atoms with Gasteiger partial charge in [-0.2, -0.15) is 0 Å². The van der Waals surface area contributed by atoms with Crippen LogP contribution in [0.4, 0.5) is 0 Å². The normalized spacial score (nSPS) is 13.2. The van der Waals surface area contributed by atoms with Gasteiger partial charge in [0.15, 0.2) is 16.9 Å². The van der Waals surface area contributed by atoms with Gasteiger partial charge in [0.1, 0.15) is 0 Å². The molecule has 88 valence electrons. The first kappa shape index (κ1) is 10.2. The van der Waals surface area contributed by atoms with Gasteiger partial charge < -0.3 is 19.8 Å². The first-order valence-electron chi connectivity index (χ1n) is 5.42. The molecule has 0 unspecified atom stereocenters. The van der Waals surface area contributed by atoms with Gasteiger partial charge in [0.25, 0.3) is 0 Å². The van der Waals surface area contributed by atoms with E-state index < -0.39 is 0 Å². The van der Waals surface area contributed by atoms with Crippen molar-refractivity contribution in [2.45, 2.75) is 6.54 Å². The Morgan fingerprint density at radius 1 is 1.29 bits per heavy atom. The third kappa shape index (κ3) is 1.55. The maximum Gasteiger partial charge on any atom is 0.231 e. The molecule has 1 aliphatic rings. The molecule has 0 amide bonds. The summed E-state index contributed by atoms with van der Waals surface area (Å²) in [5, 5.41) is 0.630. The molecular formula is C12H12N2O3. The quantitative estimate of drug-likeness (QED) is 0.827. The molecular weight excluding hydrogens is 220 g/mol. The molecule has 1 aromatic heterocycles. The summed E-state index contributed by atoms with van der Waals surface area (Å²) in [6, 6.07) is 5.10. The Morgan fingerprint density at radius 2 is 2.06 bits per heavy atom. The lowest BCUT2D eigenvalue weighted by Crippen LogP contribution is -2.13. The number of fused-ring (bicyclic) bond motifs is 2. The third-order valence-electron chi connectivity index (χ3n) is 2.84. The lowest BCUT2D eigenvalue weighted by Gasteiger charge is -2.09. The van der Waals surface area contributed by atoms with E-state index in [1.165, 1.54) is 0 Å². The first-order chi connectivity index (χ1) is 8.29. The summed E-state index contributed by atoms with van der Waals surface area (Å²) in [5.41, 5.74) is 6.35. The minimum absolute atomic E-state index is 0.0217. The number of benzene rings is 1. The summed E-state index contributed by atoms with van der Waals surface area (Å²) < 4.78 is 12.5. The highest BCUT2D eigenvalue weighted by atomic mass is 16.7. The van der Waals surface area contributed by atoms with Crippen molar-refractivity contribution in [1.82, 2.24) is 4.57 Å². The predicted octanol–water partition coefficient (Wildman–Crippen LogP) is 0.689. The van der Waals surface area contributed by atoms with Gasteiger partial charge >= 0.3 is 0 Å². The molecule has 0 saturated carbocycles. The fraction of sp³-hybridized carbons (Fsp3) is 0.250. The molecule has 0 spiro atoms. The van der Waals surface area contributed by atoms with Crippen LogP contribution >= 0.6 is 0 Å². The van der Waals surface area contributed by atoms with E-state index in [2.05, 4.69) is 0 Å². The van der Waals surface area contributed by atoms with Crippen LogP contribution < -0.4 is 20.6 Å². The van der Waals surface area contributed by atoms with E-state index in [1.54, 1.807) is 18.3 Å². The fourth-order valence-electron chi connectivity index (χ4n) is 2.03. The number of pyridine rings is 1. The van der Waals surface area contributed by atoms with Crippen LogP contribution in [-0.4, -0.2) is 17.9 Å². The molecule has 17 heavy (non-hydrogen) atoms. The molecule has 0 atom stereocenters. The van der Waals surface area contributed by atoms with Gasteiger partial charge in [0.05, 0.1) is 5.52 Å². The van der Waals surface area contributed by atoms with Gasteiger partial charge in [0, 0.05) is 36.8 Å². The number of hydrogen-bond donors (Lipinski definition) is 1. The lowest BCUT2D eigenvalue weighted by atomic mass is 10.2. The van der Waals surface area contributed by atoms with Crippen LogP contribution in [0.5, 0.6) is 11.5 Å². The van der Waals surface area contributed by atoms with Gasteiger partial charge in [-0.25, -0.2) is 0 Å². The molecule has 0 aliphatic carbocycles. The van der Waals surface area contributed by atoms with E-state index in [4.69, 9.17) is 15.2 Å². The molecule has 0 fully saturated rings. The Hall–Kier alpha value is -2.01. The molecule has 0 bridgehead atoms. The van der Waals surface area contributed by atoms with E-state index in [1.807, 2.05) is 10.6 Å². The lowest BCUT2D eigenvalue weighted by molar-refractivity contribution is 0.174. The molecule has 2 aromatic rings. The van der Waals surface area contributed by atoms with Gasteiger partial charge in [-0.05, 0) is 6.07 Å². The molecule has 5 heteroatoms. The predicted molar refractivity (Wildman–Crippen MR) is 63.4 cm³/mol. The molecule has 3 rings (SSSR count). The molecule has 2 N–H and O–H groups in total. The Kier molecular flexibility index (Phi) is 2.26. The van der Waals surface area contributed by atoms with Crippen molar-refractivity contribution >= 4 is 10.9 Å². The molecule has 0 radical (unpaired) electrons. The molecule has 1 aromatic carbocycles. The smallest absolute Gasteiger partial charge is 0.231 e. The Balaban J connectivity index is 2.32. The zero-order valence-corrected chi connectivity index (χ0v) is 9.18. The van der Waals surface area contributed by atoms with Crippen molar-refractivity contribution in [3.05, 3.63) is 34.6 Å². The van der Waals surface area contributed by atoms with Crippen LogP contribution in [0.3, 0.4) is 0 Å². The van der Waals surface area contributed by atoms with Crippen molar-refractivity contribution in [2.75, 3.05) is 13.3 Å². The molecule has 0 saturated heterocycles. The van der Waals surface area contributed by atoms with Crippen LogP contribution in [0, 0.1) is 0 Å². The SMILES string of the molecule is NCCn1ccc(=O)c2cc3c(cc21)OCO3. The van der Waals surface area contributed by atoms with Crippen LogP contribution in [0.2, 0.25) is 0 Å². The van der Waals surface area contributed by atoms with Crippen molar-refractivity contribution < 1.29 is 9.47 Å². The van der Waals surface area contributed by atoms with Crippen LogP contribution in [-0.2, 0) is 6.54 Å². The van der Waals surface area contributed by atoms with E-state index in [0.29, 0.717) is 30.0 Å². The number of aromatic nitrogens is 1. The Morgan fingerprint density at radius 3 is 2.82 bits per heavy atom.